The van der Waals surface area contributed by atoms with Crippen LogP contribution in [-0.2, 0) is 29.3 Å². The van der Waals surface area contributed by atoms with E-state index in [0.29, 0.717) is 48.2 Å². The number of halogens is 1. The van der Waals surface area contributed by atoms with Gasteiger partial charge in [0.1, 0.15) is 48.2 Å². The largest absolute Gasteiger partial charge is 0.493 e. The summed E-state index contributed by atoms with van der Waals surface area (Å²) >= 11 is 6.89. The van der Waals surface area contributed by atoms with E-state index in [4.69, 9.17) is 30.5 Å². The number of pyridine rings is 1. The highest BCUT2D eigenvalue weighted by Gasteiger charge is 2.30. The SMILES string of the molecule is Cc1c(COc2cc(OCc3cncc(C#N)c3)c(CN3CCCC[C@H]3C(=O)O)cc2Cl)cccc1-c1cccc(OCCCN2CCC(N(C)C(=O)OC(C)(C)C)CC2)c1C. The summed E-state index contributed by atoms with van der Waals surface area (Å²) in [6.07, 6.45) is 7.99. The molecule has 0 spiro atoms. The molecule has 0 radical (unpaired) electrons. The molecule has 6 rings (SSSR count). The first kappa shape index (κ1) is 46.2. The number of aliphatic carboxylic acids is 1. The van der Waals surface area contributed by atoms with Crippen LogP contribution in [0.2, 0.25) is 5.02 Å². The zero-order valence-corrected chi connectivity index (χ0v) is 37.7. The summed E-state index contributed by atoms with van der Waals surface area (Å²) in [5.41, 5.74) is 6.71. The van der Waals surface area contributed by atoms with Crippen LogP contribution in [0, 0.1) is 25.2 Å². The molecule has 1 N–H and O–H groups in total. The molecule has 2 aliphatic rings. The number of hydrogen-bond acceptors (Lipinski definition) is 10. The number of carbonyl (C=O) groups is 2. The van der Waals surface area contributed by atoms with Crippen molar-refractivity contribution in [2.45, 2.75) is 111 Å². The monoisotopic (exact) mass is 865 g/mol. The van der Waals surface area contributed by atoms with Gasteiger partial charge in [-0.3, -0.25) is 14.7 Å². The van der Waals surface area contributed by atoms with Crippen molar-refractivity contribution in [3.8, 4) is 34.4 Å². The molecule has 0 unspecified atom stereocenters. The van der Waals surface area contributed by atoms with Gasteiger partial charge in [-0.05, 0) is 119 Å². The third kappa shape index (κ3) is 12.2. The van der Waals surface area contributed by atoms with Crippen molar-refractivity contribution in [2.24, 2.45) is 0 Å². The van der Waals surface area contributed by atoms with Gasteiger partial charge in [-0.1, -0.05) is 48.4 Å². The van der Waals surface area contributed by atoms with Crippen LogP contribution in [0.1, 0.15) is 92.7 Å². The fourth-order valence-electron chi connectivity index (χ4n) is 8.25. The normalized spacial score (nSPS) is 16.3. The van der Waals surface area contributed by atoms with Crippen molar-refractivity contribution in [2.75, 3.05) is 39.8 Å². The number of carboxylic acid groups (broad SMARTS) is 1. The molecule has 0 aliphatic carbocycles. The number of rotatable bonds is 16. The fourth-order valence-corrected chi connectivity index (χ4v) is 8.49. The van der Waals surface area contributed by atoms with E-state index in [0.717, 1.165) is 96.4 Å². The Morgan fingerprint density at radius 1 is 0.887 bits per heavy atom. The Morgan fingerprint density at radius 2 is 1.61 bits per heavy atom. The van der Waals surface area contributed by atoms with Crippen LogP contribution >= 0.6 is 11.6 Å². The van der Waals surface area contributed by atoms with Crippen molar-refractivity contribution < 1.29 is 33.6 Å². The molecule has 0 bridgehead atoms. The number of likely N-dealkylation sites (tertiary alicyclic amines) is 2. The van der Waals surface area contributed by atoms with Crippen LogP contribution < -0.4 is 14.2 Å². The van der Waals surface area contributed by atoms with E-state index in [-0.39, 0.29) is 25.3 Å². The van der Waals surface area contributed by atoms with Crippen molar-refractivity contribution in [3.63, 3.8) is 0 Å². The Balaban J connectivity index is 1.09. The Hall–Kier alpha value is -5.35. The average molecular weight is 866 g/mol. The molecule has 1 aromatic heterocycles. The van der Waals surface area contributed by atoms with Crippen molar-refractivity contribution in [1.82, 2.24) is 19.7 Å². The van der Waals surface area contributed by atoms with E-state index in [1.807, 2.05) is 57.0 Å². The predicted octanol–water partition coefficient (Wildman–Crippen LogP) is 9.59. The molecule has 1 atom stereocenters. The maximum atomic E-state index is 12.6. The summed E-state index contributed by atoms with van der Waals surface area (Å²) in [5, 5.41) is 19.7. The molecule has 2 fully saturated rings. The first-order valence-corrected chi connectivity index (χ1v) is 22.0. The highest BCUT2D eigenvalue weighted by Crippen LogP contribution is 2.37. The van der Waals surface area contributed by atoms with Gasteiger partial charge in [0.25, 0.3) is 0 Å². The Labute approximate surface area is 371 Å². The molecule has 12 nitrogen and oxygen atoms in total. The summed E-state index contributed by atoms with van der Waals surface area (Å²) < 4.78 is 24.7. The zero-order chi connectivity index (χ0) is 44.4. The van der Waals surface area contributed by atoms with Gasteiger partial charge in [-0.25, -0.2) is 4.79 Å². The number of nitrogens with zero attached hydrogens (tertiary/aromatic N) is 5. The molecular weight excluding hydrogens is 806 g/mol. The number of piperidine rings is 2. The number of nitriles is 1. The Bertz CT molecular complexity index is 2230. The molecule has 2 saturated heterocycles. The summed E-state index contributed by atoms with van der Waals surface area (Å²) in [6, 6.07) is 19.4. The number of benzene rings is 3. The molecule has 3 aromatic carbocycles. The highest BCUT2D eigenvalue weighted by molar-refractivity contribution is 6.32. The fraction of sp³-hybridized carbons (Fsp3) is 0.469. The Kier molecular flexibility index (Phi) is 15.7. The minimum Gasteiger partial charge on any atom is -0.493 e. The van der Waals surface area contributed by atoms with Gasteiger partial charge in [0.2, 0.25) is 0 Å². The van der Waals surface area contributed by atoms with Gasteiger partial charge in [-0.15, -0.1) is 0 Å². The number of carbonyl (C=O) groups excluding carboxylic acids is 1. The molecule has 13 heteroatoms. The van der Waals surface area contributed by atoms with Crippen LogP contribution in [0.15, 0.2) is 67.0 Å². The molecular formula is C49H60ClN5O7. The highest BCUT2D eigenvalue weighted by atomic mass is 35.5. The number of ether oxygens (including phenoxy) is 4. The molecule has 330 valence electrons. The van der Waals surface area contributed by atoms with Gasteiger partial charge in [0, 0.05) is 68.9 Å². The van der Waals surface area contributed by atoms with Crippen LogP contribution in [0.25, 0.3) is 11.1 Å². The molecule has 4 aromatic rings. The number of aromatic nitrogens is 1. The molecule has 0 saturated carbocycles. The van der Waals surface area contributed by atoms with E-state index in [1.54, 1.807) is 29.3 Å². The number of hydrogen-bond donors (Lipinski definition) is 1. The first-order chi connectivity index (χ1) is 29.7. The zero-order valence-electron chi connectivity index (χ0n) is 36.9. The van der Waals surface area contributed by atoms with E-state index in [9.17, 15) is 20.0 Å². The topological polar surface area (TPSA) is 138 Å². The maximum Gasteiger partial charge on any atom is 0.410 e. The van der Waals surface area contributed by atoms with Crippen molar-refractivity contribution in [1.29, 1.82) is 5.26 Å². The minimum atomic E-state index is -0.837. The summed E-state index contributed by atoms with van der Waals surface area (Å²) in [5.74, 6) is 0.981. The summed E-state index contributed by atoms with van der Waals surface area (Å²) in [6.45, 7) is 14.7. The molecule has 2 aliphatic heterocycles. The first-order valence-electron chi connectivity index (χ1n) is 21.6. The lowest BCUT2D eigenvalue weighted by Crippen LogP contribution is -2.47. The molecule has 1 amide bonds. The van der Waals surface area contributed by atoms with Gasteiger partial charge >= 0.3 is 12.1 Å². The molecule has 62 heavy (non-hydrogen) atoms. The van der Waals surface area contributed by atoms with Gasteiger partial charge in [-0.2, -0.15) is 5.26 Å². The van der Waals surface area contributed by atoms with E-state index < -0.39 is 17.6 Å². The average Bonchev–Trinajstić information content (AvgIpc) is 3.25. The van der Waals surface area contributed by atoms with E-state index in [1.165, 1.54) is 6.20 Å². The third-order valence-corrected chi connectivity index (χ3v) is 12.1. The lowest BCUT2D eigenvalue weighted by atomic mass is 9.93. The van der Waals surface area contributed by atoms with E-state index in [2.05, 4.69) is 41.9 Å². The molecule has 3 heterocycles. The van der Waals surface area contributed by atoms with Crippen molar-refractivity contribution in [3.05, 3.63) is 105 Å². The second-order valence-corrected chi connectivity index (χ2v) is 17.8. The second-order valence-electron chi connectivity index (χ2n) is 17.4. The summed E-state index contributed by atoms with van der Waals surface area (Å²) in [7, 11) is 1.84. The van der Waals surface area contributed by atoms with Gasteiger partial charge in [0.05, 0.1) is 17.2 Å². The van der Waals surface area contributed by atoms with Gasteiger partial charge < -0.3 is 33.9 Å². The lowest BCUT2D eigenvalue weighted by molar-refractivity contribution is -0.144. The van der Waals surface area contributed by atoms with Crippen LogP contribution in [0.3, 0.4) is 0 Å². The maximum absolute atomic E-state index is 12.6. The summed E-state index contributed by atoms with van der Waals surface area (Å²) in [4.78, 5) is 35.0. The third-order valence-electron chi connectivity index (χ3n) is 11.8. The smallest absolute Gasteiger partial charge is 0.410 e. The van der Waals surface area contributed by atoms with Crippen LogP contribution in [0.4, 0.5) is 4.79 Å². The van der Waals surface area contributed by atoms with Crippen LogP contribution in [0.5, 0.6) is 17.2 Å². The number of amides is 1. The van der Waals surface area contributed by atoms with Crippen LogP contribution in [-0.4, -0.2) is 94.4 Å². The minimum absolute atomic E-state index is 0.151. The quantitative estimate of drug-likeness (QED) is 0.108. The number of carboxylic acids is 1. The lowest BCUT2D eigenvalue weighted by Gasteiger charge is -2.37. The second kappa shape index (κ2) is 21.1. The predicted molar refractivity (Wildman–Crippen MR) is 240 cm³/mol. The van der Waals surface area contributed by atoms with Crippen molar-refractivity contribution >= 4 is 23.7 Å². The van der Waals surface area contributed by atoms with E-state index >= 15 is 0 Å². The van der Waals surface area contributed by atoms with Gasteiger partial charge in [0.15, 0.2) is 0 Å². The standard InChI is InChI=1S/C49H60ClN5O7/c1-33-37(32-61-46-26-45(60-31-36-24-35(27-51)28-52-29-36)38(25-42(46)50)30-55-20-8-7-15-43(55)47(56)57)12-9-13-40(33)41-14-10-16-44(34(41)2)59-23-11-19-54-21-17-39(18-22-54)53(6)48(58)62-49(3,4)5/h9-10,12-14,16,24-26,28-29,39,43H,7-8,11,15,17-23,30-32H2,1-6H3,(H,56,57)/t43-/m0/s1. The Morgan fingerprint density at radius 3 is 2.34 bits per heavy atom.